The fourth-order valence-electron chi connectivity index (χ4n) is 1.11. The van der Waals surface area contributed by atoms with E-state index in [1.807, 2.05) is 0 Å². The molecule has 80 valence electrons. The summed E-state index contributed by atoms with van der Waals surface area (Å²) in [6, 6.07) is 3.76. The molecule has 0 saturated carbocycles. The molecule has 1 aromatic carbocycles. The highest BCUT2D eigenvalue weighted by atomic mass is 19.2. The summed E-state index contributed by atoms with van der Waals surface area (Å²) < 4.78 is 25.9. The monoisotopic (exact) mass is 211 g/mol. The number of nitrogens with one attached hydrogen (secondary N) is 1. The molecule has 1 aromatic rings. The molecular formula is C11H11F2NO. The van der Waals surface area contributed by atoms with Crippen LogP contribution in [0.25, 0.3) is 0 Å². The van der Waals surface area contributed by atoms with E-state index in [2.05, 4.69) is 11.9 Å². The standard InChI is InChI=1S/C11H11F2NO/c1-2-6-14-10(15)7-8-4-3-5-9(12)11(8)13/h2-5H,1,6-7H2,(H,14,15). The van der Waals surface area contributed by atoms with Crippen molar-refractivity contribution in [3.05, 3.63) is 48.1 Å². The number of halogens is 2. The predicted octanol–water partition coefficient (Wildman–Crippen LogP) is 1.81. The molecular weight excluding hydrogens is 200 g/mol. The fourth-order valence-corrected chi connectivity index (χ4v) is 1.11. The van der Waals surface area contributed by atoms with Crippen LogP contribution in [-0.2, 0) is 11.2 Å². The summed E-state index contributed by atoms with van der Waals surface area (Å²) in [6.45, 7) is 3.74. The lowest BCUT2D eigenvalue weighted by molar-refractivity contribution is -0.120. The minimum absolute atomic E-state index is 0.0524. The zero-order valence-corrected chi connectivity index (χ0v) is 8.09. The van der Waals surface area contributed by atoms with Gasteiger partial charge >= 0.3 is 0 Å². The van der Waals surface area contributed by atoms with Crippen LogP contribution in [0.3, 0.4) is 0 Å². The number of amides is 1. The molecule has 1 rings (SSSR count). The summed E-state index contributed by atoms with van der Waals surface area (Å²) in [5, 5.41) is 2.48. The van der Waals surface area contributed by atoms with Gasteiger partial charge in [-0.2, -0.15) is 0 Å². The molecule has 15 heavy (non-hydrogen) atoms. The fraction of sp³-hybridized carbons (Fsp3) is 0.182. The third kappa shape index (κ3) is 3.16. The molecule has 0 heterocycles. The molecule has 1 N–H and O–H groups in total. The first-order valence-electron chi connectivity index (χ1n) is 4.45. The Hall–Kier alpha value is -1.71. The molecule has 0 aliphatic carbocycles. The van der Waals surface area contributed by atoms with Crippen molar-refractivity contribution in [2.24, 2.45) is 0 Å². The zero-order chi connectivity index (χ0) is 11.3. The van der Waals surface area contributed by atoms with Crippen molar-refractivity contribution in [3.8, 4) is 0 Å². The average Bonchev–Trinajstić information content (AvgIpc) is 2.22. The lowest BCUT2D eigenvalue weighted by Gasteiger charge is -2.04. The van der Waals surface area contributed by atoms with Gasteiger partial charge in [0, 0.05) is 12.1 Å². The minimum Gasteiger partial charge on any atom is -0.352 e. The van der Waals surface area contributed by atoms with E-state index in [-0.39, 0.29) is 17.9 Å². The van der Waals surface area contributed by atoms with Crippen molar-refractivity contribution in [3.63, 3.8) is 0 Å². The SMILES string of the molecule is C=CCNC(=O)Cc1cccc(F)c1F. The number of benzene rings is 1. The lowest BCUT2D eigenvalue weighted by atomic mass is 10.1. The Morgan fingerprint density at radius 1 is 1.47 bits per heavy atom. The first-order chi connectivity index (χ1) is 7.15. The molecule has 0 unspecified atom stereocenters. The maximum Gasteiger partial charge on any atom is 0.224 e. The van der Waals surface area contributed by atoms with Gasteiger partial charge in [0.25, 0.3) is 0 Å². The Labute approximate surface area is 86.6 Å². The van der Waals surface area contributed by atoms with Crippen LogP contribution < -0.4 is 5.32 Å². The van der Waals surface area contributed by atoms with Gasteiger partial charge < -0.3 is 5.32 Å². The molecule has 0 aliphatic heterocycles. The molecule has 2 nitrogen and oxygen atoms in total. The molecule has 0 atom stereocenters. The van der Waals surface area contributed by atoms with E-state index in [9.17, 15) is 13.6 Å². The lowest BCUT2D eigenvalue weighted by Crippen LogP contribution is -2.25. The largest absolute Gasteiger partial charge is 0.352 e. The second kappa shape index (κ2) is 5.24. The smallest absolute Gasteiger partial charge is 0.224 e. The molecule has 0 spiro atoms. The first-order valence-corrected chi connectivity index (χ1v) is 4.45. The molecule has 0 fully saturated rings. The van der Waals surface area contributed by atoms with Gasteiger partial charge in [0.05, 0.1) is 6.42 Å². The molecule has 0 radical (unpaired) electrons. The highest BCUT2D eigenvalue weighted by molar-refractivity contribution is 5.78. The zero-order valence-electron chi connectivity index (χ0n) is 8.09. The summed E-state index contributed by atoms with van der Waals surface area (Å²) >= 11 is 0. The van der Waals surface area contributed by atoms with Gasteiger partial charge in [0.2, 0.25) is 5.91 Å². The van der Waals surface area contributed by atoms with Crippen LogP contribution in [0.5, 0.6) is 0 Å². The predicted molar refractivity (Wildman–Crippen MR) is 53.3 cm³/mol. The third-order valence-corrected chi connectivity index (χ3v) is 1.83. The van der Waals surface area contributed by atoms with Gasteiger partial charge in [-0.05, 0) is 6.07 Å². The maximum absolute atomic E-state index is 13.1. The Bertz CT molecular complexity index is 377. The van der Waals surface area contributed by atoms with Crippen LogP contribution in [0, 0.1) is 11.6 Å². The average molecular weight is 211 g/mol. The number of carbonyl (C=O) groups is 1. The van der Waals surface area contributed by atoms with Crippen LogP contribution in [-0.4, -0.2) is 12.5 Å². The van der Waals surface area contributed by atoms with Crippen LogP contribution in [0.2, 0.25) is 0 Å². The van der Waals surface area contributed by atoms with Crippen LogP contribution in [0.1, 0.15) is 5.56 Å². The van der Waals surface area contributed by atoms with E-state index >= 15 is 0 Å². The van der Waals surface area contributed by atoms with Gasteiger partial charge in [-0.1, -0.05) is 18.2 Å². The van der Waals surface area contributed by atoms with Gasteiger partial charge in [0.1, 0.15) is 0 Å². The Morgan fingerprint density at radius 2 is 2.20 bits per heavy atom. The summed E-state index contributed by atoms with van der Waals surface area (Å²) in [6.07, 6.45) is 1.34. The molecule has 1 amide bonds. The maximum atomic E-state index is 13.1. The van der Waals surface area contributed by atoms with E-state index < -0.39 is 11.6 Å². The number of rotatable bonds is 4. The van der Waals surface area contributed by atoms with E-state index in [0.29, 0.717) is 6.54 Å². The number of hydrogen-bond acceptors (Lipinski definition) is 1. The van der Waals surface area contributed by atoms with Crippen molar-refractivity contribution in [1.29, 1.82) is 0 Å². The molecule has 0 bridgehead atoms. The molecule has 0 aliphatic rings. The van der Waals surface area contributed by atoms with Crippen molar-refractivity contribution in [2.45, 2.75) is 6.42 Å². The van der Waals surface area contributed by atoms with Gasteiger partial charge in [-0.15, -0.1) is 6.58 Å². The van der Waals surface area contributed by atoms with Crippen molar-refractivity contribution in [2.75, 3.05) is 6.54 Å². The Balaban J connectivity index is 2.68. The van der Waals surface area contributed by atoms with E-state index in [1.54, 1.807) is 0 Å². The topological polar surface area (TPSA) is 29.1 Å². The number of carbonyl (C=O) groups excluding carboxylic acids is 1. The van der Waals surface area contributed by atoms with Crippen molar-refractivity contribution in [1.82, 2.24) is 5.32 Å². The van der Waals surface area contributed by atoms with Crippen molar-refractivity contribution >= 4 is 5.91 Å². The first kappa shape index (κ1) is 11.4. The Morgan fingerprint density at radius 3 is 2.87 bits per heavy atom. The van der Waals surface area contributed by atoms with E-state index in [0.717, 1.165) is 6.07 Å². The Kier molecular flexibility index (Phi) is 3.97. The second-order valence-corrected chi connectivity index (χ2v) is 2.98. The highest BCUT2D eigenvalue weighted by Crippen LogP contribution is 2.11. The molecule has 4 heteroatoms. The summed E-state index contributed by atoms with van der Waals surface area (Å²) in [5.74, 6) is -2.27. The van der Waals surface area contributed by atoms with Crippen molar-refractivity contribution < 1.29 is 13.6 Å². The molecule has 0 aromatic heterocycles. The second-order valence-electron chi connectivity index (χ2n) is 2.98. The van der Waals surface area contributed by atoms with Gasteiger partial charge in [-0.25, -0.2) is 8.78 Å². The van der Waals surface area contributed by atoms with Gasteiger partial charge in [0.15, 0.2) is 11.6 Å². The van der Waals surface area contributed by atoms with E-state index in [1.165, 1.54) is 18.2 Å². The quantitative estimate of drug-likeness (QED) is 0.756. The summed E-state index contributed by atoms with van der Waals surface area (Å²) in [5.41, 5.74) is 0.0524. The highest BCUT2D eigenvalue weighted by Gasteiger charge is 2.10. The minimum atomic E-state index is -0.966. The normalized spacial score (nSPS) is 9.73. The molecule has 0 saturated heterocycles. The van der Waals surface area contributed by atoms with Crippen LogP contribution >= 0.6 is 0 Å². The number of hydrogen-bond donors (Lipinski definition) is 1. The van der Waals surface area contributed by atoms with E-state index in [4.69, 9.17) is 0 Å². The van der Waals surface area contributed by atoms with Crippen LogP contribution in [0.4, 0.5) is 8.78 Å². The summed E-state index contributed by atoms with van der Waals surface area (Å²) in [4.78, 5) is 11.2. The third-order valence-electron chi connectivity index (χ3n) is 1.83. The summed E-state index contributed by atoms with van der Waals surface area (Å²) in [7, 11) is 0. The van der Waals surface area contributed by atoms with Crippen LogP contribution in [0.15, 0.2) is 30.9 Å². The van der Waals surface area contributed by atoms with Gasteiger partial charge in [-0.3, -0.25) is 4.79 Å².